The molecule has 212 valence electrons. The first-order valence-electron chi connectivity index (χ1n) is 14.5. The van der Waals surface area contributed by atoms with Gasteiger partial charge >= 0.3 is 5.97 Å². The molecule has 2 aliphatic rings. The summed E-state index contributed by atoms with van der Waals surface area (Å²) in [6.07, 6.45) is 8.24. The van der Waals surface area contributed by atoms with Crippen molar-refractivity contribution in [3.63, 3.8) is 0 Å². The van der Waals surface area contributed by atoms with Crippen LogP contribution in [0.1, 0.15) is 82.5 Å². The zero-order valence-corrected chi connectivity index (χ0v) is 25.3. The van der Waals surface area contributed by atoms with Crippen molar-refractivity contribution in [2.45, 2.75) is 83.0 Å². The predicted molar refractivity (Wildman–Crippen MR) is 161 cm³/mol. The van der Waals surface area contributed by atoms with E-state index in [1.807, 2.05) is 24.5 Å². The molecule has 4 unspecified atom stereocenters. The van der Waals surface area contributed by atoms with Gasteiger partial charge in [-0.15, -0.1) is 0 Å². The number of nitrogens with zero attached hydrogens (tertiary/aromatic N) is 3. The second-order valence-electron chi connectivity index (χ2n) is 12.3. The van der Waals surface area contributed by atoms with Gasteiger partial charge < -0.3 is 14.5 Å². The van der Waals surface area contributed by atoms with Gasteiger partial charge in [0.25, 0.3) is 0 Å². The number of hydrogen-bond donors (Lipinski definition) is 0. The van der Waals surface area contributed by atoms with Crippen LogP contribution >= 0.6 is 11.6 Å². The molecule has 4 atom stereocenters. The van der Waals surface area contributed by atoms with Crippen LogP contribution < -0.4 is 0 Å². The molecule has 0 N–H and O–H groups in total. The first-order valence-corrected chi connectivity index (χ1v) is 14.9. The number of carbonyl (C=O) groups is 1. The van der Waals surface area contributed by atoms with Crippen molar-refractivity contribution in [2.24, 2.45) is 22.7 Å². The summed E-state index contributed by atoms with van der Waals surface area (Å²) in [7, 11) is 5.87. The molecule has 39 heavy (non-hydrogen) atoms. The fraction of sp³-hybridized carbons (Fsp3) is 0.576. The highest BCUT2D eigenvalue weighted by molar-refractivity contribution is 6.30. The molecule has 0 radical (unpaired) electrons. The summed E-state index contributed by atoms with van der Waals surface area (Å²) in [6.45, 7) is 6.57. The van der Waals surface area contributed by atoms with Gasteiger partial charge in [0.1, 0.15) is 0 Å². The normalized spacial score (nSPS) is 26.7. The van der Waals surface area contributed by atoms with Gasteiger partial charge in [0.2, 0.25) is 0 Å². The number of ether oxygens (including phenoxy) is 1. The third-order valence-electron chi connectivity index (χ3n) is 8.98. The van der Waals surface area contributed by atoms with Gasteiger partial charge in [-0.3, -0.25) is 4.99 Å². The highest BCUT2D eigenvalue weighted by Gasteiger charge is 2.54. The average Bonchev–Trinajstić information content (AvgIpc) is 3.28. The largest absolute Gasteiger partial charge is 0.467 e. The SMILES string of the molecule is COC(=O)C1(CC(C)C)N=CN(C(C)c2ccccc2)C1CC1CCC(C(c2ccc(Cl)cc2)N(C)C)CC1. The summed E-state index contributed by atoms with van der Waals surface area (Å²) >= 11 is 6.18. The molecule has 6 heteroatoms. The highest BCUT2D eigenvalue weighted by Crippen LogP contribution is 2.45. The fourth-order valence-electron chi connectivity index (χ4n) is 7.14. The van der Waals surface area contributed by atoms with Crippen molar-refractivity contribution in [3.8, 4) is 0 Å². The van der Waals surface area contributed by atoms with Gasteiger partial charge in [0.15, 0.2) is 5.54 Å². The Morgan fingerprint density at radius 1 is 1.03 bits per heavy atom. The second kappa shape index (κ2) is 12.9. The lowest BCUT2D eigenvalue weighted by molar-refractivity contribution is -0.149. The number of benzene rings is 2. The number of aliphatic imine (C=N–C) groups is 1. The first kappa shape index (κ1) is 29.6. The van der Waals surface area contributed by atoms with Crippen LogP contribution in [0.2, 0.25) is 5.02 Å². The third kappa shape index (κ3) is 6.52. The van der Waals surface area contributed by atoms with Crippen molar-refractivity contribution in [3.05, 3.63) is 70.7 Å². The maximum atomic E-state index is 13.4. The van der Waals surface area contributed by atoms with E-state index in [-0.39, 0.29) is 18.1 Å². The smallest absolute Gasteiger partial charge is 0.335 e. The maximum absolute atomic E-state index is 13.4. The van der Waals surface area contributed by atoms with Gasteiger partial charge in [0.05, 0.1) is 25.5 Å². The van der Waals surface area contributed by atoms with Crippen LogP contribution in [0.15, 0.2) is 59.6 Å². The molecule has 5 nitrogen and oxygen atoms in total. The second-order valence-corrected chi connectivity index (χ2v) is 12.7. The predicted octanol–water partition coefficient (Wildman–Crippen LogP) is 7.57. The minimum Gasteiger partial charge on any atom is -0.467 e. The topological polar surface area (TPSA) is 45.1 Å². The Morgan fingerprint density at radius 2 is 1.67 bits per heavy atom. The zero-order chi connectivity index (χ0) is 28.2. The van der Waals surface area contributed by atoms with Gasteiger partial charge in [0, 0.05) is 11.1 Å². The minimum absolute atomic E-state index is 0.0231. The van der Waals surface area contributed by atoms with Crippen LogP contribution in [0.5, 0.6) is 0 Å². The molecule has 1 fully saturated rings. The highest BCUT2D eigenvalue weighted by atomic mass is 35.5. The molecule has 1 heterocycles. The number of rotatable bonds is 10. The van der Waals surface area contributed by atoms with Gasteiger partial charge in [-0.25, -0.2) is 4.79 Å². The van der Waals surface area contributed by atoms with E-state index in [0.717, 1.165) is 24.3 Å². The minimum atomic E-state index is -0.863. The van der Waals surface area contributed by atoms with E-state index in [0.29, 0.717) is 30.2 Å². The first-order chi connectivity index (χ1) is 18.7. The molecule has 1 aliphatic carbocycles. The third-order valence-corrected chi connectivity index (χ3v) is 9.23. The Hall–Kier alpha value is -2.37. The van der Waals surface area contributed by atoms with Crippen LogP contribution in [-0.4, -0.2) is 54.9 Å². The Kier molecular flexibility index (Phi) is 9.77. The van der Waals surface area contributed by atoms with Crippen LogP contribution in [0.25, 0.3) is 0 Å². The number of hydrogen-bond acceptors (Lipinski definition) is 5. The molecule has 0 saturated heterocycles. The van der Waals surface area contributed by atoms with Gasteiger partial charge in [-0.05, 0) is 87.7 Å². The van der Waals surface area contributed by atoms with Crippen molar-refractivity contribution >= 4 is 23.9 Å². The van der Waals surface area contributed by atoms with E-state index in [2.05, 4.69) is 81.1 Å². The molecule has 0 bridgehead atoms. The standard InChI is InChI=1S/C33H46ClN3O2/c1-23(2)21-33(32(38)39-6)30(37(22-35-33)24(3)26-10-8-7-9-11-26)20-25-12-14-27(15-13-25)31(36(4)5)28-16-18-29(34)19-17-28/h7-11,16-19,22-25,27,30-31H,12-15,20-21H2,1-6H3. The summed E-state index contributed by atoms with van der Waals surface area (Å²) in [6, 6.07) is 19.4. The average molecular weight is 552 g/mol. The van der Waals surface area contributed by atoms with Crippen molar-refractivity contribution in [1.82, 2.24) is 9.80 Å². The van der Waals surface area contributed by atoms with E-state index in [4.69, 9.17) is 21.3 Å². The Morgan fingerprint density at radius 3 is 2.23 bits per heavy atom. The van der Waals surface area contributed by atoms with E-state index >= 15 is 0 Å². The molecule has 2 aromatic carbocycles. The zero-order valence-electron chi connectivity index (χ0n) is 24.5. The van der Waals surface area contributed by atoms with Crippen molar-refractivity contribution < 1.29 is 9.53 Å². The Balaban J connectivity index is 1.55. The number of esters is 1. The van der Waals surface area contributed by atoms with Gasteiger partial charge in [-0.1, -0.05) is 80.8 Å². The van der Waals surface area contributed by atoms with Crippen LogP contribution in [0, 0.1) is 17.8 Å². The molecule has 0 amide bonds. The molecule has 2 aromatic rings. The lowest BCUT2D eigenvalue weighted by atomic mass is 9.71. The molecule has 0 aromatic heterocycles. The quantitative estimate of drug-likeness (QED) is 0.286. The van der Waals surface area contributed by atoms with Crippen LogP contribution in [0.3, 0.4) is 0 Å². The summed E-state index contributed by atoms with van der Waals surface area (Å²) in [5.74, 6) is 1.26. The summed E-state index contributed by atoms with van der Waals surface area (Å²) in [5, 5.41) is 0.781. The van der Waals surface area contributed by atoms with Crippen LogP contribution in [-0.2, 0) is 9.53 Å². The van der Waals surface area contributed by atoms with Gasteiger partial charge in [-0.2, -0.15) is 0 Å². The van der Waals surface area contributed by atoms with E-state index in [9.17, 15) is 4.79 Å². The monoisotopic (exact) mass is 551 g/mol. The molecule has 0 spiro atoms. The molecular formula is C33H46ClN3O2. The maximum Gasteiger partial charge on any atom is 0.335 e. The lowest BCUT2D eigenvalue weighted by Crippen LogP contribution is -2.53. The lowest BCUT2D eigenvalue weighted by Gasteiger charge is -2.43. The number of halogens is 1. The summed E-state index contributed by atoms with van der Waals surface area (Å²) in [5.41, 5.74) is 1.71. The van der Waals surface area contributed by atoms with E-state index in [1.165, 1.54) is 31.1 Å². The van der Waals surface area contributed by atoms with E-state index in [1.54, 1.807) is 0 Å². The van der Waals surface area contributed by atoms with Crippen molar-refractivity contribution in [1.29, 1.82) is 0 Å². The molecular weight excluding hydrogens is 506 g/mol. The molecule has 4 rings (SSSR count). The van der Waals surface area contributed by atoms with Crippen molar-refractivity contribution in [2.75, 3.05) is 21.2 Å². The molecule has 1 saturated carbocycles. The van der Waals surface area contributed by atoms with E-state index < -0.39 is 5.54 Å². The fourth-order valence-corrected chi connectivity index (χ4v) is 7.27. The number of methoxy groups -OCH3 is 1. The number of carbonyl (C=O) groups excluding carboxylic acids is 1. The summed E-state index contributed by atoms with van der Waals surface area (Å²) < 4.78 is 5.43. The Labute approximate surface area is 240 Å². The molecule has 1 aliphatic heterocycles. The van der Waals surface area contributed by atoms with Crippen LogP contribution in [0.4, 0.5) is 0 Å². The summed E-state index contributed by atoms with van der Waals surface area (Å²) in [4.78, 5) is 23.1. The Bertz CT molecular complexity index is 1100.